The van der Waals surface area contributed by atoms with E-state index < -0.39 is 0 Å². The van der Waals surface area contributed by atoms with Gasteiger partial charge < -0.3 is 0 Å². The van der Waals surface area contributed by atoms with Crippen molar-refractivity contribution in [3.05, 3.63) is 71.3 Å². The van der Waals surface area contributed by atoms with E-state index in [9.17, 15) is 0 Å². The molecule has 0 amide bonds. The smallest absolute Gasteiger partial charge is 0.0694 e. The van der Waals surface area contributed by atoms with E-state index in [1.165, 1.54) is 46.4 Å². The predicted octanol–water partition coefficient (Wildman–Crippen LogP) is 5.64. The van der Waals surface area contributed by atoms with Crippen molar-refractivity contribution in [1.82, 2.24) is 14.8 Å². The number of pyridine rings is 1. The maximum Gasteiger partial charge on any atom is 0.0694 e. The van der Waals surface area contributed by atoms with Crippen LogP contribution in [0.4, 0.5) is 0 Å². The monoisotopic (exact) mass is 341 g/mol. The van der Waals surface area contributed by atoms with Crippen LogP contribution in [0.1, 0.15) is 60.7 Å². The molecule has 3 nitrogen and oxygen atoms in total. The highest BCUT2D eigenvalue weighted by molar-refractivity contribution is 5.87. The first kappa shape index (κ1) is 15.6. The van der Waals surface area contributed by atoms with Gasteiger partial charge in [0.05, 0.1) is 17.9 Å². The van der Waals surface area contributed by atoms with Gasteiger partial charge in [0.15, 0.2) is 0 Å². The van der Waals surface area contributed by atoms with Crippen LogP contribution >= 0.6 is 0 Å². The summed E-state index contributed by atoms with van der Waals surface area (Å²) in [6.45, 7) is 4.29. The number of benzene rings is 1. The second-order valence-corrected chi connectivity index (χ2v) is 7.69. The standard InChI is InChI=1S/C23H23N3/c1-15-11-20(9-10-24-15)22-14-25-26-16(2)12-21(13-23(22)26)19-7-5-18(6-8-19)17-3-4-17/h5-11,13-14,16-17H,3-4,12H2,1-2H3. The Morgan fingerprint density at radius 1 is 1.04 bits per heavy atom. The third kappa shape index (κ3) is 2.68. The van der Waals surface area contributed by atoms with Gasteiger partial charge in [-0.25, -0.2) is 0 Å². The Morgan fingerprint density at radius 3 is 2.58 bits per heavy atom. The Labute approximate surface area is 154 Å². The minimum absolute atomic E-state index is 0.366. The molecule has 1 atom stereocenters. The summed E-state index contributed by atoms with van der Waals surface area (Å²) in [7, 11) is 0. The molecule has 1 fully saturated rings. The molecule has 1 saturated carbocycles. The van der Waals surface area contributed by atoms with Crippen LogP contribution in [0, 0.1) is 6.92 Å². The molecule has 1 aliphatic heterocycles. The van der Waals surface area contributed by atoms with Crippen LogP contribution in [0.5, 0.6) is 0 Å². The number of allylic oxidation sites excluding steroid dienone is 1. The molecule has 3 heteroatoms. The summed E-state index contributed by atoms with van der Waals surface area (Å²) in [6.07, 6.45) is 9.93. The zero-order valence-corrected chi connectivity index (χ0v) is 15.3. The van der Waals surface area contributed by atoms with E-state index in [1.54, 1.807) is 0 Å². The van der Waals surface area contributed by atoms with Crippen molar-refractivity contribution in [3.63, 3.8) is 0 Å². The number of aromatic nitrogens is 3. The maximum atomic E-state index is 4.67. The fourth-order valence-corrected chi connectivity index (χ4v) is 4.02. The SMILES string of the molecule is Cc1cc(-c2cnn3c2C=C(c2ccc(C4CC4)cc2)CC3C)ccn1. The second-order valence-electron chi connectivity index (χ2n) is 7.69. The van der Waals surface area contributed by atoms with Crippen LogP contribution in [-0.4, -0.2) is 14.8 Å². The topological polar surface area (TPSA) is 30.7 Å². The number of hydrogen-bond donors (Lipinski definition) is 0. The molecule has 26 heavy (non-hydrogen) atoms. The van der Waals surface area contributed by atoms with E-state index in [0.29, 0.717) is 6.04 Å². The fourth-order valence-electron chi connectivity index (χ4n) is 4.02. The number of rotatable bonds is 3. The maximum absolute atomic E-state index is 4.67. The van der Waals surface area contributed by atoms with Gasteiger partial charge in [-0.2, -0.15) is 5.10 Å². The van der Waals surface area contributed by atoms with E-state index in [0.717, 1.165) is 18.0 Å². The third-order valence-electron chi connectivity index (χ3n) is 5.62. The van der Waals surface area contributed by atoms with E-state index in [1.807, 2.05) is 19.3 Å². The third-order valence-corrected chi connectivity index (χ3v) is 5.62. The lowest BCUT2D eigenvalue weighted by Gasteiger charge is -2.23. The van der Waals surface area contributed by atoms with E-state index >= 15 is 0 Å². The Morgan fingerprint density at radius 2 is 1.85 bits per heavy atom. The minimum atomic E-state index is 0.366. The zero-order chi connectivity index (χ0) is 17.7. The number of aryl methyl sites for hydroxylation is 1. The van der Waals surface area contributed by atoms with Crippen LogP contribution in [0.25, 0.3) is 22.8 Å². The largest absolute Gasteiger partial charge is 0.262 e. The molecule has 5 rings (SSSR count). The molecule has 0 N–H and O–H groups in total. The number of nitrogens with zero attached hydrogens (tertiary/aromatic N) is 3. The van der Waals surface area contributed by atoms with Gasteiger partial charge in [-0.1, -0.05) is 24.3 Å². The van der Waals surface area contributed by atoms with Crippen LogP contribution in [0.2, 0.25) is 0 Å². The molecule has 2 aliphatic rings. The summed E-state index contributed by atoms with van der Waals surface area (Å²) < 4.78 is 2.16. The Balaban J connectivity index is 1.56. The van der Waals surface area contributed by atoms with Crippen molar-refractivity contribution in [1.29, 1.82) is 0 Å². The Bertz CT molecular complexity index is 991. The number of hydrogen-bond acceptors (Lipinski definition) is 2. The predicted molar refractivity (Wildman–Crippen MR) is 106 cm³/mol. The molecule has 0 radical (unpaired) electrons. The first-order valence-electron chi connectivity index (χ1n) is 9.50. The molecule has 1 aromatic carbocycles. The highest BCUT2D eigenvalue weighted by Gasteiger charge is 2.25. The van der Waals surface area contributed by atoms with Gasteiger partial charge in [-0.05, 0) is 79.5 Å². The van der Waals surface area contributed by atoms with E-state index in [2.05, 4.69) is 64.2 Å². The fraction of sp³-hybridized carbons (Fsp3) is 0.304. The molecular formula is C23H23N3. The van der Waals surface area contributed by atoms with Gasteiger partial charge in [0.1, 0.15) is 0 Å². The van der Waals surface area contributed by atoms with Crippen LogP contribution in [0.3, 0.4) is 0 Å². The first-order chi connectivity index (χ1) is 12.7. The number of fused-ring (bicyclic) bond motifs is 1. The Kier molecular flexibility index (Phi) is 3.56. The molecule has 3 heterocycles. The van der Waals surface area contributed by atoms with Crippen LogP contribution in [-0.2, 0) is 0 Å². The quantitative estimate of drug-likeness (QED) is 0.617. The molecule has 1 unspecified atom stereocenters. The summed E-state index contributed by atoms with van der Waals surface area (Å²) in [6, 6.07) is 13.8. The molecular weight excluding hydrogens is 318 g/mol. The molecule has 0 bridgehead atoms. The zero-order valence-electron chi connectivity index (χ0n) is 15.3. The molecule has 130 valence electrons. The summed E-state index contributed by atoms with van der Waals surface area (Å²) >= 11 is 0. The average Bonchev–Trinajstić information content (AvgIpc) is 3.41. The summed E-state index contributed by atoms with van der Waals surface area (Å²) in [5, 5.41) is 4.67. The van der Waals surface area contributed by atoms with Crippen molar-refractivity contribution < 1.29 is 0 Å². The van der Waals surface area contributed by atoms with Crippen molar-refractivity contribution in [3.8, 4) is 11.1 Å². The summed E-state index contributed by atoms with van der Waals surface area (Å²) in [5.41, 5.74) is 8.85. The van der Waals surface area contributed by atoms with Gasteiger partial charge >= 0.3 is 0 Å². The van der Waals surface area contributed by atoms with Crippen molar-refractivity contribution in [2.24, 2.45) is 0 Å². The highest BCUT2D eigenvalue weighted by Crippen LogP contribution is 2.41. The minimum Gasteiger partial charge on any atom is -0.262 e. The normalized spacial score (nSPS) is 19.2. The first-order valence-corrected chi connectivity index (χ1v) is 9.50. The van der Waals surface area contributed by atoms with Crippen molar-refractivity contribution in [2.75, 3.05) is 0 Å². The van der Waals surface area contributed by atoms with Crippen molar-refractivity contribution >= 4 is 11.6 Å². The van der Waals surface area contributed by atoms with Crippen LogP contribution < -0.4 is 0 Å². The summed E-state index contributed by atoms with van der Waals surface area (Å²) in [4.78, 5) is 4.32. The summed E-state index contributed by atoms with van der Waals surface area (Å²) in [5.74, 6) is 0.811. The highest BCUT2D eigenvalue weighted by atomic mass is 15.3. The average molecular weight is 341 g/mol. The van der Waals surface area contributed by atoms with Gasteiger partial charge in [-0.3, -0.25) is 9.67 Å². The van der Waals surface area contributed by atoms with Crippen LogP contribution in [0.15, 0.2) is 48.8 Å². The lowest BCUT2D eigenvalue weighted by atomic mass is 9.92. The van der Waals surface area contributed by atoms with Gasteiger partial charge in [0.25, 0.3) is 0 Å². The molecule has 1 aliphatic carbocycles. The Hall–Kier alpha value is -2.68. The molecule has 0 saturated heterocycles. The van der Waals surface area contributed by atoms with Gasteiger partial charge in [0, 0.05) is 17.5 Å². The van der Waals surface area contributed by atoms with Gasteiger partial charge in [-0.15, -0.1) is 0 Å². The van der Waals surface area contributed by atoms with E-state index in [4.69, 9.17) is 0 Å². The van der Waals surface area contributed by atoms with E-state index in [-0.39, 0.29) is 0 Å². The second kappa shape index (κ2) is 5.94. The molecule has 3 aromatic rings. The van der Waals surface area contributed by atoms with Gasteiger partial charge in [0.2, 0.25) is 0 Å². The lowest BCUT2D eigenvalue weighted by Crippen LogP contribution is -2.13. The van der Waals surface area contributed by atoms with Crippen molar-refractivity contribution in [2.45, 2.75) is 45.1 Å². The molecule has 0 spiro atoms. The lowest BCUT2D eigenvalue weighted by molar-refractivity contribution is 0.492. The molecule has 2 aromatic heterocycles.